The Kier molecular flexibility index (Phi) is 5.55. The van der Waals surface area contributed by atoms with E-state index in [-0.39, 0.29) is 11.4 Å². The number of amides is 1. The number of carbonyl (C=O) groups is 1. The number of rotatable bonds is 5. The molecule has 0 spiro atoms. The first-order chi connectivity index (χ1) is 11.6. The SMILES string of the molecule is CCN(c1ccc(C(=O)Nc2cc(C)nn2C(C)(C)C)cc1)C(C)C. The molecular formula is C20H30N4O. The molecule has 5 nitrogen and oxygen atoms in total. The van der Waals surface area contributed by atoms with E-state index in [0.717, 1.165) is 23.7 Å². The molecule has 2 rings (SSSR count). The van der Waals surface area contributed by atoms with Crippen molar-refractivity contribution >= 4 is 17.4 Å². The van der Waals surface area contributed by atoms with E-state index in [9.17, 15) is 4.79 Å². The van der Waals surface area contributed by atoms with Gasteiger partial charge in [-0.1, -0.05) is 0 Å². The van der Waals surface area contributed by atoms with Crippen LogP contribution in [-0.4, -0.2) is 28.3 Å². The summed E-state index contributed by atoms with van der Waals surface area (Å²) in [6, 6.07) is 10.1. The lowest BCUT2D eigenvalue weighted by molar-refractivity contribution is 0.102. The molecule has 0 aliphatic heterocycles. The highest BCUT2D eigenvalue weighted by Crippen LogP contribution is 2.22. The van der Waals surface area contributed by atoms with Gasteiger partial charge >= 0.3 is 0 Å². The van der Waals surface area contributed by atoms with Gasteiger partial charge in [0, 0.05) is 29.9 Å². The summed E-state index contributed by atoms with van der Waals surface area (Å²) in [7, 11) is 0. The third kappa shape index (κ3) is 4.41. The monoisotopic (exact) mass is 342 g/mol. The number of aromatic nitrogens is 2. The fourth-order valence-corrected chi connectivity index (χ4v) is 2.94. The second-order valence-electron chi connectivity index (χ2n) is 7.63. The Balaban J connectivity index is 2.20. The first-order valence-corrected chi connectivity index (χ1v) is 8.88. The van der Waals surface area contributed by atoms with Crippen molar-refractivity contribution in [3.05, 3.63) is 41.6 Å². The van der Waals surface area contributed by atoms with Crippen LogP contribution in [0.5, 0.6) is 0 Å². The summed E-state index contributed by atoms with van der Waals surface area (Å²) < 4.78 is 1.85. The van der Waals surface area contributed by atoms with Crippen molar-refractivity contribution in [2.24, 2.45) is 0 Å². The largest absolute Gasteiger partial charge is 0.369 e. The van der Waals surface area contributed by atoms with Crippen molar-refractivity contribution in [2.75, 3.05) is 16.8 Å². The van der Waals surface area contributed by atoms with Crippen LogP contribution < -0.4 is 10.2 Å². The fraction of sp³-hybridized carbons (Fsp3) is 0.500. The average Bonchev–Trinajstić information content (AvgIpc) is 2.89. The topological polar surface area (TPSA) is 50.2 Å². The first kappa shape index (κ1) is 19.0. The van der Waals surface area contributed by atoms with Gasteiger partial charge in [0.1, 0.15) is 5.82 Å². The van der Waals surface area contributed by atoms with E-state index in [1.165, 1.54) is 0 Å². The van der Waals surface area contributed by atoms with Crippen LogP contribution in [0.15, 0.2) is 30.3 Å². The first-order valence-electron chi connectivity index (χ1n) is 8.88. The molecule has 0 fully saturated rings. The van der Waals surface area contributed by atoms with E-state index >= 15 is 0 Å². The van der Waals surface area contributed by atoms with Crippen LogP contribution in [0.2, 0.25) is 0 Å². The van der Waals surface area contributed by atoms with Gasteiger partial charge < -0.3 is 10.2 Å². The summed E-state index contributed by atoms with van der Waals surface area (Å²) in [5, 5.41) is 7.48. The van der Waals surface area contributed by atoms with Crippen molar-refractivity contribution in [1.29, 1.82) is 0 Å². The fourth-order valence-electron chi connectivity index (χ4n) is 2.94. The Morgan fingerprint density at radius 3 is 2.32 bits per heavy atom. The van der Waals surface area contributed by atoms with Gasteiger partial charge in [0.15, 0.2) is 0 Å². The zero-order valence-electron chi connectivity index (χ0n) is 16.4. The number of anilines is 2. The quantitative estimate of drug-likeness (QED) is 0.874. The van der Waals surface area contributed by atoms with Crippen molar-refractivity contribution in [3.63, 3.8) is 0 Å². The summed E-state index contributed by atoms with van der Waals surface area (Å²) in [5.74, 6) is 0.598. The van der Waals surface area contributed by atoms with Gasteiger partial charge in [-0.25, -0.2) is 4.68 Å². The van der Waals surface area contributed by atoms with E-state index in [4.69, 9.17) is 0 Å². The Hall–Kier alpha value is -2.30. The Labute approximate surface area is 151 Å². The maximum atomic E-state index is 12.6. The minimum absolute atomic E-state index is 0.121. The molecule has 5 heteroatoms. The zero-order valence-corrected chi connectivity index (χ0v) is 16.4. The minimum atomic E-state index is -0.195. The van der Waals surface area contributed by atoms with Crippen molar-refractivity contribution < 1.29 is 4.79 Å². The van der Waals surface area contributed by atoms with Gasteiger partial charge in [0.05, 0.1) is 11.2 Å². The van der Waals surface area contributed by atoms with Gasteiger partial charge in [-0.2, -0.15) is 5.10 Å². The molecule has 0 radical (unpaired) electrons. The Bertz CT molecular complexity index is 723. The Morgan fingerprint density at radius 1 is 1.24 bits per heavy atom. The maximum absolute atomic E-state index is 12.6. The molecular weight excluding hydrogens is 312 g/mol. The van der Waals surface area contributed by atoms with Crippen molar-refractivity contribution in [3.8, 4) is 0 Å². The molecule has 1 aromatic heterocycles. The molecule has 1 heterocycles. The van der Waals surface area contributed by atoms with Crippen LogP contribution in [-0.2, 0) is 5.54 Å². The van der Waals surface area contributed by atoms with E-state index in [2.05, 4.69) is 56.9 Å². The summed E-state index contributed by atoms with van der Waals surface area (Å²) in [5.41, 5.74) is 2.46. The number of benzene rings is 1. The lowest BCUT2D eigenvalue weighted by atomic mass is 10.1. The van der Waals surface area contributed by atoms with Crippen molar-refractivity contribution in [2.45, 2.75) is 60.0 Å². The average molecular weight is 342 g/mol. The van der Waals surface area contributed by atoms with Gasteiger partial charge in [0.2, 0.25) is 0 Å². The van der Waals surface area contributed by atoms with E-state index in [0.29, 0.717) is 11.6 Å². The summed E-state index contributed by atoms with van der Waals surface area (Å²) in [4.78, 5) is 14.9. The van der Waals surface area contributed by atoms with Gasteiger partial charge in [-0.05, 0) is 72.7 Å². The highest BCUT2D eigenvalue weighted by Gasteiger charge is 2.20. The molecule has 25 heavy (non-hydrogen) atoms. The van der Waals surface area contributed by atoms with Crippen LogP contribution in [0.4, 0.5) is 11.5 Å². The molecule has 2 aromatic rings. The second kappa shape index (κ2) is 7.30. The molecule has 0 saturated carbocycles. The van der Waals surface area contributed by atoms with Gasteiger partial charge in [-0.15, -0.1) is 0 Å². The maximum Gasteiger partial charge on any atom is 0.256 e. The highest BCUT2D eigenvalue weighted by molar-refractivity contribution is 6.04. The summed E-state index contributed by atoms with van der Waals surface area (Å²) >= 11 is 0. The molecule has 1 N–H and O–H groups in total. The van der Waals surface area contributed by atoms with Crippen molar-refractivity contribution in [1.82, 2.24) is 9.78 Å². The smallest absolute Gasteiger partial charge is 0.256 e. The standard InChI is InChI=1S/C20H30N4O/c1-8-23(14(2)3)17-11-9-16(10-12-17)19(25)21-18-13-15(4)22-24(18)20(5,6)7/h9-14H,8H2,1-7H3,(H,21,25). The number of nitrogens with one attached hydrogen (secondary N) is 1. The third-order valence-electron chi connectivity index (χ3n) is 4.13. The molecule has 0 saturated heterocycles. The number of hydrogen-bond acceptors (Lipinski definition) is 3. The number of aryl methyl sites for hydroxylation is 1. The molecule has 0 atom stereocenters. The highest BCUT2D eigenvalue weighted by atomic mass is 16.1. The van der Waals surface area contributed by atoms with Crippen LogP contribution in [0.25, 0.3) is 0 Å². The molecule has 1 aromatic carbocycles. The zero-order chi connectivity index (χ0) is 18.8. The van der Waals surface area contributed by atoms with Gasteiger partial charge in [0.25, 0.3) is 5.91 Å². The van der Waals surface area contributed by atoms with Crippen LogP contribution in [0.3, 0.4) is 0 Å². The number of carbonyl (C=O) groups excluding carboxylic acids is 1. The Morgan fingerprint density at radius 2 is 1.84 bits per heavy atom. The predicted octanol–water partition coefficient (Wildman–Crippen LogP) is 4.43. The van der Waals surface area contributed by atoms with E-state index in [1.807, 2.05) is 41.9 Å². The molecule has 0 aliphatic rings. The lowest BCUT2D eigenvalue weighted by Gasteiger charge is -2.27. The minimum Gasteiger partial charge on any atom is -0.369 e. The van der Waals surface area contributed by atoms with Crippen LogP contribution in [0.1, 0.15) is 57.6 Å². The van der Waals surface area contributed by atoms with E-state index < -0.39 is 0 Å². The summed E-state index contributed by atoms with van der Waals surface area (Å²) in [6.07, 6.45) is 0. The predicted molar refractivity (Wildman–Crippen MR) is 105 cm³/mol. The molecule has 0 bridgehead atoms. The summed E-state index contributed by atoms with van der Waals surface area (Å²) in [6.45, 7) is 15.5. The van der Waals surface area contributed by atoms with Crippen LogP contribution >= 0.6 is 0 Å². The van der Waals surface area contributed by atoms with Gasteiger partial charge in [-0.3, -0.25) is 4.79 Å². The van der Waals surface area contributed by atoms with E-state index in [1.54, 1.807) is 0 Å². The molecule has 136 valence electrons. The molecule has 0 unspecified atom stereocenters. The molecule has 0 aliphatic carbocycles. The number of nitrogens with zero attached hydrogens (tertiary/aromatic N) is 3. The normalized spacial score (nSPS) is 11.7. The molecule has 1 amide bonds. The number of hydrogen-bond donors (Lipinski definition) is 1. The third-order valence-corrected chi connectivity index (χ3v) is 4.13. The van der Waals surface area contributed by atoms with Crippen LogP contribution in [0, 0.1) is 6.92 Å². The second-order valence-corrected chi connectivity index (χ2v) is 7.63. The lowest BCUT2D eigenvalue weighted by Crippen LogP contribution is -2.30.